The van der Waals surface area contributed by atoms with Gasteiger partial charge in [-0.2, -0.15) is 0 Å². The Bertz CT molecular complexity index is 571. The van der Waals surface area contributed by atoms with Crippen molar-refractivity contribution >= 4 is 17.5 Å². The second-order valence-electron chi connectivity index (χ2n) is 4.15. The molecule has 0 bridgehead atoms. The van der Waals surface area contributed by atoms with E-state index in [1.54, 1.807) is 0 Å². The molecule has 1 aliphatic heterocycles. The first-order valence-corrected chi connectivity index (χ1v) is 5.97. The zero-order chi connectivity index (χ0) is 13.8. The third kappa shape index (κ3) is 2.80. The molecule has 0 aromatic heterocycles. The molecule has 0 atom stereocenters. The lowest BCUT2D eigenvalue weighted by Crippen LogP contribution is -2.40. The number of nitrogens with two attached hydrogens (primary N) is 1. The molecular formula is C14H13FN2O2. The summed E-state index contributed by atoms with van der Waals surface area (Å²) in [6.07, 6.45) is 1.17. The monoisotopic (exact) mass is 260 g/mol. The summed E-state index contributed by atoms with van der Waals surface area (Å²) in [6, 6.07) is 4.12. The van der Waals surface area contributed by atoms with Crippen LogP contribution >= 0.6 is 0 Å². The number of anilines is 1. The van der Waals surface area contributed by atoms with Crippen molar-refractivity contribution in [2.75, 3.05) is 11.4 Å². The molecule has 0 aliphatic carbocycles. The SMILES string of the molecule is NCC#Cc1ccc(N2C(=O)CCCC2=O)cc1F. The summed E-state index contributed by atoms with van der Waals surface area (Å²) in [4.78, 5) is 24.5. The number of rotatable bonds is 1. The van der Waals surface area contributed by atoms with Gasteiger partial charge in [0.05, 0.1) is 17.8 Å². The minimum Gasteiger partial charge on any atom is -0.320 e. The number of carbonyl (C=O) groups is 2. The van der Waals surface area contributed by atoms with Crippen LogP contribution in [0.25, 0.3) is 0 Å². The number of benzene rings is 1. The number of hydrogen-bond acceptors (Lipinski definition) is 3. The van der Waals surface area contributed by atoms with Crippen LogP contribution in [0.5, 0.6) is 0 Å². The maximum atomic E-state index is 13.8. The van der Waals surface area contributed by atoms with E-state index in [0.29, 0.717) is 19.3 Å². The first-order chi connectivity index (χ1) is 9.13. The molecule has 98 valence electrons. The van der Waals surface area contributed by atoms with Gasteiger partial charge in [-0.25, -0.2) is 4.39 Å². The summed E-state index contributed by atoms with van der Waals surface area (Å²) in [7, 11) is 0. The van der Waals surface area contributed by atoms with Crippen molar-refractivity contribution in [2.45, 2.75) is 19.3 Å². The maximum absolute atomic E-state index is 13.8. The topological polar surface area (TPSA) is 63.4 Å². The van der Waals surface area contributed by atoms with Crippen molar-refractivity contribution in [2.24, 2.45) is 5.73 Å². The molecule has 1 aromatic rings. The molecule has 1 saturated heterocycles. The summed E-state index contributed by atoms with van der Waals surface area (Å²) >= 11 is 0. The van der Waals surface area contributed by atoms with Crippen LogP contribution in [0.2, 0.25) is 0 Å². The highest BCUT2D eigenvalue weighted by Crippen LogP contribution is 2.23. The number of amides is 2. The number of hydrogen-bond donors (Lipinski definition) is 1. The van der Waals surface area contributed by atoms with Gasteiger partial charge >= 0.3 is 0 Å². The Morgan fingerprint density at radius 2 is 1.95 bits per heavy atom. The summed E-state index contributed by atoms with van der Waals surface area (Å²) < 4.78 is 13.8. The molecule has 19 heavy (non-hydrogen) atoms. The fraction of sp³-hybridized carbons (Fsp3) is 0.286. The van der Waals surface area contributed by atoms with Crippen molar-refractivity contribution < 1.29 is 14.0 Å². The van der Waals surface area contributed by atoms with Crippen LogP contribution in [0.4, 0.5) is 10.1 Å². The molecule has 0 radical (unpaired) electrons. The number of nitrogens with zero attached hydrogens (tertiary/aromatic N) is 1. The highest BCUT2D eigenvalue weighted by Gasteiger charge is 2.27. The van der Waals surface area contributed by atoms with Gasteiger partial charge in [0, 0.05) is 12.8 Å². The molecule has 2 amide bonds. The van der Waals surface area contributed by atoms with Gasteiger partial charge in [0.1, 0.15) is 5.82 Å². The summed E-state index contributed by atoms with van der Waals surface area (Å²) in [5.41, 5.74) is 5.67. The molecule has 5 heteroatoms. The van der Waals surface area contributed by atoms with E-state index in [9.17, 15) is 14.0 Å². The van der Waals surface area contributed by atoms with Crippen LogP contribution in [-0.4, -0.2) is 18.4 Å². The standard InChI is InChI=1S/C14H13FN2O2/c15-12-9-11(7-6-10(12)3-2-8-16)17-13(18)4-1-5-14(17)19/h6-7,9H,1,4-5,8,16H2. The van der Waals surface area contributed by atoms with E-state index in [0.717, 1.165) is 11.0 Å². The average Bonchev–Trinajstić information content (AvgIpc) is 2.37. The minimum atomic E-state index is -0.565. The predicted molar refractivity (Wildman–Crippen MR) is 68.7 cm³/mol. The number of carbonyl (C=O) groups excluding carboxylic acids is 2. The van der Waals surface area contributed by atoms with Crippen LogP contribution < -0.4 is 10.6 Å². The molecule has 1 aromatic carbocycles. The fourth-order valence-electron chi connectivity index (χ4n) is 1.93. The zero-order valence-corrected chi connectivity index (χ0v) is 10.3. The third-order valence-corrected chi connectivity index (χ3v) is 2.82. The van der Waals surface area contributed by atoms with Gasteiger partial charge in [0.2, 0.25) is 11.8 Å². The van der Waals surface area contributed by atoms with Crippen molar-refractivity contribution in [3.05, 3.63) is 29.6 Å². The van der Waals surface area contributed by atoms with E-state index < -0.39 is 5.82 Å². The van der Waals surface area contributed by atoms with Crippen molar-refractivity contribution in [3.63, 3.8) is 0 Å². The Balaban J connectivity index is 2.33. The lowest BCUT2D eigenvalue weighted by Gasteiger charge is -2.24. The van der Waals surface area contributed by atoms with E-state index in [-0.39, 0.29) is 29.6 Å². The Kier molecular flexibility index (Phi) is 3.93. The zero-order valence-electron chi connectivity index (χ0n) is 10.3. The van der Waals surface area contributed by atoms with E-state index in [1.807, 2.05) is 0 Å². The van der Waals surface area contributed by atoms with Crippen LogP contribution in [0.1, 0.15) is 24.8 Å². The van der Waals surface area contributed by atoms with E-state index in [1.165, 1.54) is 12.1 Å². The first-order valence-electron chi connectivity index (χ1n) is 5.97. The van der Waals surface area contributed by atoms with Crippen molar-refractivity contribution in [3.8, 4) is 11.8 Å². The van der Waals surface area contributed by atoms with Gasteiger partial charge in [0.25, 0.3) is 0 Å². The minimum absolute atomic E-state index is 0.143. The van der Waals surface area contributed by atoms with Crippen LogP contribution in [-0.2, 0) is 9.59 Å². The molecule has 0 unspecified atom stereocenters. The van der Waals surface area contributed by atoms with Crippen molar-refractivity contribution in [1.82, 2.24) is 0 Å². The molecule has 2 rings (SSSR count). The Labute approximate surface area is 110 Å². The smallest absolute Gasteiger partial charge is 0.233 e. The second-order valence-corrected chi connectivity index (χ2v) is 4.15. The van der Waals surface area contributed by atoms with Gasteiger partial charge in [-0.15, -0.1) is 0 Å². The molecule has 0 spiro atoms. The van der Waals surface area contributed by atoms with E-state index in [4.69, 9.17) is 5.73 Å². The molecular weight excluding hydrogens is 247 g/mol. The van der Waals surface area contributed by atoms with E-state index >= 15 is 0 Å². The second kappa shape index (κ2) is 5.63. The quantitative estimate of drug-likeness (QED) is 0.609. The highest BCUT2D eigenvalue weighted by molar-refractivity contribution is 6.16. The maximum Gasteiger partial charge on any atom is 0.233 e. The molecule has 1 fully saturated rings. The van der Waals surface area contributed by atoms with Crippen LogP contribution in [0, 0.1) is 17.7 Å². The summed E-state index contributed by atoms with van der Waals surface area (Å²) in [5.74, 6) is 3.98. The van der Waals surface area contributed by atoms with Crippen LogP contribution in [0.3, 0.4) is 0 Å². The predicted octanol–water partition coefficient (Wildman–Crippen LogP) is 1.18. The number of piperidine rings is 1. The molecule has 4 nitrogen and oxygen atoms in total. The average molecular weight is 260 g/mol. The van der Waals surface area contributed by atoms with Gasteiger partial charge in [-0.05, 0) is 24.6 Å². The molecule has 0 saturated carbocycles. The van der Waals surface area contributed by atoms with Crippen LogP contribution in [0.15, 0.2) is 18.2 Å². The third-order valence-electron chi connectivity index (χ3n) is 2.82. The largest absolute Gasteiger partial charge is 0.320 e. The first kappa shape index (κ1) is 13.2. The van der Waals surface area contributed by atoms with Crippen molar-refractivity contribution in [1.29, 1.82) is 0 Å². The normalized spacial score (nSPS) is 15.2. The fourth-order valence-corrected chi connectivity index (χ4v) is 1.93. The van der Waals surface area contributed by atoms with Gasteiger partial charge in [-0.1, -0.05) is 11.8 Å². The number of imide groups is 1. The molecule has 1 aliphatic rings. The Hall–Kier alpha value is -2.19. The molecule has 1 heterocycles. The molecule has 2 N–H and O–H groups in total. The Morgan fingerprint density at radius 1 is 1.26 bits per heavy atom. The van der Waals surface area contributed by atoms with Gasteiger partial charge in [0.15, 0.2) is 0 Å². The lowest BCUT2D eigenvalue weighted by molar-refractivity contribution is -0.129. The number of halogens is 1. The summed E-state index contributed by atoms with van der Waals surface area (Å²) in [5, 5.41) is 0. The van der Waals surface area contributed by atoms with Gasteiger partial charge in [-0.3, -0.25) is 14.5 Å². The lowest BCUT2D eigenvalue weighted by atomic mass is 10.1. The summed E-state index contributed by atoms with van der Waals surface area (Å²) in [6.45, 7) is 0.143. The highest BCUT2D eigenvalue weighted by atomic mass is 19.1. The van der Waals surface area contributed by atoms with E-state index in [2.05, 4.69) is 11.8 Å². The van der Waals surface area contributed by atoms with Gasteiger partial charge < -0.3 is 5.73 Å². The Morgan fingerprint density at radius 3 is 2.53 bits per heavy atom.